The molecule has 2 amide bonds. The number of nitrogens with one attached hydrogen (secondary N) is 1. The van der Waals surface area contributed by atoms with E-state index in [0.717, 1.165) is 12.0 Å². The molecule has 1 saturated heterocycles. The monoisotopic (exact) mass is 432 g/mol. The first-order chi connectivity index (χ1) is 15.5. The van der Waals surface area contributed by atoms with Gasteiger partial charge in [-0.05, 0) is 55.7 Å². The molecule has 1 aliphatic heterocycles. The van der Waals surface area contributed by atoms with Crippen molar-refractivity contribution in [1.29, 1.82) is 0 Å². The van der Waals surface area contributed by atoms with Crippen LogP contribution in [0.15, 0.2) is 48.5 Å². The number of nitrogens with zero attached hydrogens (tertiary/aromatic N) is 1. The van der Waals surface area contributed by atoms with Crippen molar-refractivity contribution in [2.24, 2.45) is 5.92 Å². The maximum absolute atomic E-state index is 12.7. The molecular formula is C26H28N2O4. The molecule has 1 aliphatic rings. The SMILES string of the molecule is CCCC(=O)N1CCC(C(=O)Nc2cccc(C#Cc3cccc(C(=O)OC)c3)c2)CC1. The highest BCUT2D eigenvalue weighted by molar-refractivity contribution is 5.93. The molecule has 0 aromatic heterocycles. The molecule has 3 rings (SSSR count). The lowest BCUT2D eigenvalue weighted by Gasteiger charge is -2.31. The fraction of sp³-hybridized carbons (Fsp3) is 0.346. The molecule has 0 bridgehead atoms. The average Bonchev–Trinajstić information content (AvgIpc) is 2.83. The van der Waals surface area contributed by atoms with Crippen molar-refractivity contribution in [2.75, 3.05) is 25.5 Å². The first-order valence-corrected chi connectivity index (χ1v) is 10.9. The summed E-state index contributed by atoms with van der Waals surface area (Å²) < 4.78 is 4.74. The summed E-state index contributed by atoms with van der Waals surface area (Å²) in [7, 11) is 1.34. The molecule has 0 atom stereocenters. The van der Waals surface area contributed by atoms with Crippen LogP contribution in [0.5, 0.6) is 0 Å². The van der Waals surface area contributed by atoms with E-state index >= 15 is 0 Å². The van der Waals surface area contributed by atoms with Gasteiger partial charge in [0.15, 0.2) is 0 Å². The van der Waals surface area contributed by atoms with E-state index in [4.69, 9.17) is 4.74 Å². The number of amides is 2. The van der Waals surface area contributed by atoms with E-state index in [1.54, 1.807) is 18.2 Å². The third-order valence-corrected chi connectivity index (χ3v) is 5.45. The standard InChI is InChI=1S/C26H28N2O4/c1-3-6-24(29)28-15-13-21(14-16-28)25(30)27-23-10-5-8-20(18-23)12-11-19-7-4-9-22(17-19)26(31)32-2/h4-5,7-10,17-18,21H,3,6,13-16H2,1-2H3,(H,27,30). The summed E-state index contributed by atoms with van der Waals surface area (Å²) in [4.78, 5) is 38.2. The number of ether oxygens (including phenoxy) is 1. The van der Waals surface area contributed by atoms with E-state index in [-0.39, 0.29) is 17.7 Å². The number of hydrogen-bond acceptors (Lipinski definition) is 4. The number of rotatable bonds is 5. The number of benzene rings is 2. The molecule has 0 saturated carbocycles. The van der Waals surface area contributed by atoms with E-state index in [9.17, 15) is 14.4 Å². The lowest BCUT2D eigenvalue weighted by Crippen LogP contribution is -2.41. The van der Waals surface area contributed by atoms with Gasteiger partial charge in [0.05, 0.1) is 12.7 Å². The van der Waals surface area contributed by atoms with Gasteiger partial charge in [-0.2, -0.15) is 0 Å². The summed E-state index contributed by atoms with van der Waals surface area (Å²) >= 11 is 0. The number of likely N-dealkylation sites (tertiary alicyclic amines) is 1. The number of carbonyl (C=O) groups excluding carboxylic acids is 3. The minimum atomic E-state index is -0.404. The van der Waals surface area contributed by atoms with Gasteiger partial charge >= 0.3 is 5.97 Å². The second-order valence-electron chi connectivity index (χ2n) is 7.80. The van der Waals surface area contributed by atoms with Crippen LogP contribution in [0.1, 0.15) is 54.1 Å². The Labute approximate surface area is 188 Å². The van der Waals surface area contributed by atoms with Crippen LogP contribution < -0.4 is 5.32 Å². The average molecular weight is 433 g/mol. The Kier molecular flexibility index (Phi) is 8.04. The van der Waals surface area contributed by atoms with Gasteiger partial charge in [0.25, 0.3) is 0 Å². The van der Waals surface area contributed by atoms with Gasteiger partial charge in [0, 0.05) is 42.2 Å². The Morgan fingerprint density at radius 1 is 1.03 bits per heavy atom. The van der Waals surface area contributed by atoms with Gasteiger partial charge in [-0.3, -0.25) is 9.59 Å². The van der Waals surface area contributed by atoms with E-state index in [0.29, 0.717) is 49.2 Å². The number of methoxy groups -OCH3 is 1. The number of esters is 1. The van der Waals surface area contributed by atoms with Crippen LogP contribution in [0, 0.1) is 17.8 Å². The summed E-state index contributed by atoms with van der Waals surface area (Å²) in [6.07, 6.45) is 2.77. The fourth-order valence-electron chi connectivity index (χ4n) is 3.67. The van der Waals surface area contributed by atoms with Gasteiger partial charge in [0.2, 0.25) is 11.8 Å². The smallest absolute Gasteiger partial charge is 0.337 e. The third-order valence-electron chi connectivity index (χ3n) is 5.45. The number of piperidine rings is 1. The first-order valence-electron chi connectivity index (χ1n) is 10.9. The molecule has 2 aromatic carbocycles. The van der Waals surface area contributed by atoms with Gasteiger partial charge in [-0.15, -0.1) is 0 Å². The Hall–Kier alpha value is -3.59. The Morgan fingerprint density at radius 3 is 2.34 bits per heavy atom. The highest BCUT2D eigenvalue weighted by Gasteiger charge is 2.26. The molecule has 6 heteroatoms. The first kappa shape index (κ1) is 23.1. The Bertz CT molecular complexity index is 1040. The second kappa shape index (κ2) is 11.1. The molecule has 1 N–H and O–H groups in total. The largest absolute Gasteiger partial charge is 0.465 e. The van der Waals surface area contributed by atoms with E-state index in [1.165, 1.54) is 7.11 Å². The van der Waals surface area contributed by atoms with Crippen LogP contribution in [-0.4, -0.2) is 42.9 Å². The quantitative estimate of drug-likeness (QED) is 0.575. The Balaban J connectivity index is 1.60. The predicted molar refractivity (Wildman–Crippen MR) is 123 cm³/mol. The molecule has 1 fully saturated rings. The predicted octanol–water partition coefficient (Wildman–Crippen LogP) is 3.85. The summed E-state index contributed by atoms with van der Waals surface area (Å²) in [5.74, 6) is 5.76. The normalized spacial score (nSPS) is 13.6. The summed E-state index contributed by atoms with van der Waals surface area (Å²) in [6.45, 7) is 3.26. The minimum absolute atomic E-state index is 0.0246. The number of anilines is 1. The second-order valence-corrected chi connectivity index (χ2v) is 7.80. The lowest BCUT2D eigenvalue weighted by atomic mass is 9.95. The molecule has 32 heavy (non-hydrogen) atoms. The summed E-state index contributed by atoms with van der Waals surface area (Å²) in [5, 5.41) is 2.98. The Morgan fingerprint density at radius 2 is 1.69 bits per heavy atom. The molecule has 166 valence electrons. The van der Waals surface area contributed by atoms with Crippen LogP contribution in [0.25, 0.3) is 0 Å². The molecule has 0 spiro atoms. The van der Waals surface area contributed by atoms with Crippen molar-refractivity contribution >= 4 is 23.5 Å². The molecule has 0 radical (unpaired) electrons. The molecule has 2 aromatic rings. The van der Waals surface area contributed by atoms with Crippen LogP contribution in [-0.2, 0) is 14.3 Å². The van der Waals surface area contributed by atoms with Gasteiger partial charge in [-0.1, -0.05) is 30.9 Å². The maximum Gasteiger partial charge on any atom is 0.337 e. The van der Waals surface area contributed by atoms with Crippen molar-refractivity contribution < 1.29 is 19.1 Å². The third kappa shape index (κ3) is 6.21. The zero-order valence-corrected chi connectivity index (χ0v) is 18.5. The van der Waals surface area contributed by atoms with Crippen molar-refractivity contribution in [3.05, 3.63) is 65.2 Å². The lowest BCUT2D eigenvalue weighted by molar-refractivity contribution is -0.134. The van der Waals surface area contributed by atoms with Crippen LogP contribution in [0.3, 0.4) is 0 Å². The summed E-state index contributed by atoms with van der Waals surface area (Å²) in [6, 6.07) is 14.3. The van der Waals surface area contributed by atoms with Crippen LogP contribution in [0.4, 0.5) is 5.69 Å². The van der Waals surface area contributed by atoms with Crippen molar-refractivity contribution in [3.8, 4) is 11.8 Å². The molecule has 0 aliphatic carbocycles. The molecular weight excluding hydrogens is 404 g/mol. The summed E-state index contributed by atoms with van der Waals surface area (Å²) in [5.41, 5.74) is 2.59. The molecule has 0 unspecified atom stereocenters. The van der Waals surface area contributed by atoms with E-state index in [2.05, 4.69) is 17.2 Å². The fourth-order valence-corrected chi connectivity index (χ4v) is 3.67. The highest BCUT2D eigenvalue weighted by Crippen LogP contribution is 2.21. The van der Waals surface area contributed by atoms with Crippen LogP contribution in [0.2, 0.25) is 0 Å². The topological polar surface area (TPSA) is 75.7 Å². The maximum atomic E-state index is 12.7. The van der Waals surface area contributed by atoms with Crippen molar-refractivity contribution in [3.63, 3.8) is 0 Å². The molecule has 6 nitrogen and oxygen atoms in total. The van der Waals surface area contributed by atoms with Gasteiger partial charge in [0.1, 0.15) is 0 Å². The zero-order chi connectivity index (χ0) is 22.9. The molecule has 1 heterocycles. The number of hydrogen-bond donors (Lipinski definition) is 1. The minimum Gasteiger partial charge on any atom is -0.465 e. The van der Waals surface area contributed by atoms with Crippen molar-refractivity contribution in [2.45, 2.75) is 32.6 Å². The van der Waals surface area contributed by atoms with Gasteiger partial charge in [-0.25, -0.2) is 4.79 Å². The van der Waals surface area contributed by atoms with E-state index in [1.807, 2.05) is 42.2 Å². The van der Waals surface area contributed by atoms with Crippen molar-refractivity contribution in [1.82, 2.24) is 4.90 Å². The van der Waals surface area contributed by atoms with E-state index < -0.39 is 5.97 Å². The van der Waals surface area contributed by atoms with Gasteiger partial charge < -0.3 is 15.0 Å². The zero-order valence-electron chi connectivity index (χ0n) is 18.5. The number of carbonyl (C=O) groups is 3. The van der Waals surface area contributed by atoms with Crippen LogP contribution >= 0.6 is 0 Å². The highest BCUT2D eigenvalue weighted by atomic mass is 16.5.